The Hall–Kier alpha value is -1.39. The third-order valence-electron chi connectivity index (χ3n) is 4.08. The van der Waals surface area contributed by atoms with Crippen LogP contribution in [0.5, 0.6) is 0 Å². The Morgan fingerprint density at radius 2 is 2.00 bits per heavy atom. The van der Waals surface area contributed by atoms with Crippen LogP contribution in [0.4, 0.5) is 0 Å². The molecule has 1 aliphatic heterocycles. The van der Waals surface area contributed by atoms with Gasteiger partial charge in [-0.1, -0.05) is 36.7 Å². The maximum absolute atomic E-state index is 12.3. The largest absolute Gasteiger partial charge is 0.466 e. The third kappa shape index (κ3) is 3.87. The van der Waals surface area contributed by atoms with Crippen LogP contribution in [-0.4, -0.2) is 42.9 Å². The highest BCUT2D eigenvalue weighted by Crippen LogP contribution is 2.36. The SMILES string of the molecule is CCOC(=O)[C@H]1CN(CC(=O)CC)C[C@H]1c1ccccc1Cl. The molecule has 1 fully saturated rings. The maximum Gasteiger partial charge on any atom is 0.310 e. The van der Waals surface area contributed by atoms with Gasteiger partial charge in [0.1, 0.15) is 5.78 Å². The first-order valence-electron chi connectivity index (χ1n) is 7.71. The minimum atomic E-state index is -0.274. The zero-order valence-electron chi connectivity index (χ0n) is 13.0. The predicted octanol–water partition coefficient (Wildman–Crippen LogP) is 2.90. The van der Waals surface area contributed by atoms with E-state index in [0.29, 0.717) is 37.7 Å². The number of carbonyl (C=O) groups excluding carboxylic acids is 2. The van der Waals surface area contributed by atoms with Crippen molar-refractivity contribution in [2.45, 2.75) is 26.2 Å². The number of rotatable bonds is 6. The van der Waals surface area contributed by atoms with Gasteiger partial charge < -0.3 is 4.74 Å². The Labute approximate surface area is 136 Å². The minimum Gasteiger partial charge on any atom is -0.466 e. The molecule has 2 atom stereocenters. The fraction of sp³-hybridized carbons (Fsp3) is 0.529. The standard InChI is InChI=1S/C17H22ClNO3/c1-3-12(20)9-19-10-14(13-7-5-6-8-16(13)18)15(11-19)17(21)22-4-2/h5-8,14-15H,3-4,9-11H2,1-2H3/t14-,15-/m0/s1. The molecule has 5 heteroatoms. The van der Waals surface area contributed by atoms with Crippen LogP contribution < -0.4 is 0 Å². The Kier molecular flexibility index (Phi) is 5.98. The van der Waals surface area contributed by atoms with Crippen molar-refractivity contribution < 1.29 is 14.3 Å². The molecular formula is C17H22ClNO3. The Morgan fingerprint density at radius 1 is 1.27 bits per heavy atom. The highest BCUT2D eigenvalue weighted by Gasteiger charge is 2.40. The van der Waals surface area contributed by atoms with Crippen LogP contribution in [0, 0.1) is 5.92 Å². The highest BCUT2D eigenvalue weighted by atomic mass is 35.5. The summed E-state index contributed by atoms with van der Waals surface area (Å²) < 4.78 is 5.20. The second kappa shape index (κ2) is 7.75. The Bertz CT molecular complexity index is 546. The lowest BCUT2D eigenvalue weighted by atomic mass is 9.89. The van der Waals surface area contributed by atoms with E-state index in [1.165, 1.54) is 0 Å². The maximum atomic E-state index is 12.3. The average molecular weight is 324 g/mol. The topological polar surface area (TPSA) is 46.6 Å². The van der Waals surface area contributed by atoms with Crippen LogP contribution >= 0.6 is 11.6 Å². The van der Waals surface area contributed by atoms with Crippen molar-refractivity contribution >= 4 is 23.4 Å². The van der Waals surface area contributed by atoms with E-state index in [-0.39, 0.29) is 23.6 Å². The third-order valence-corrected chi connectivity index (χ3v) is 4.43. The first-order chi connectivity index (χ1) is 10.6. The molecule has 2 rings (SSSR count). The van der Waals surface area contributed by atoms with Crippen LogP contribution in [0.3, 0.4) is 0 Å². The van der Waals surface area contributed by atoms with Crippen LogP contribution in [0.15, 0.2) is 24.3 Å². The molecule has 0 bridgehead atoms. The molecule has 1 saturated heterocycles. The molecule has 1 aromatic rings. The molecule has 1 aliphatic rings. The summed E-state index contributed by atoms with van der Waals surface area (Å²) in [5, 5.41) is 0.658. The van der Waals surface area contributed by atoms with Crippen molar-refractivity contribution in [2.75, 3.05) is 26.2 Å². The number of hydrogen-bond acceptors (Lipinski definition) is 4. The van der Waals surface area contributed by atoms with Gasteiger partial charge in [0.05, 0.1) is 19.1 Å². The quantitative estimate of drug-likeness (QED) is 0.755. The second-order valence-corrected chi connectivity index (χ2v) is 5.98. The van der Waals surface area contributed by atoms with Gasteiger partial charge in [0, 0.05) is 30.5 Å². The van der Waals surface area contributed by atoms with Crippen LogP contribution in [0.25, 0.3) is 0 Å². The number of Topliss-reactive ketones (excluding diaryl/α,β-unsaturated/α-hetero) is 1. The summed E-state index contributed by atoms with van der Waals surface area (Å²) in [7, 11) is 0. The van der Waals surface area contributed by atoms with E-state index < -0.39 is 0 Å². The number of likely N-dealkylation sites (tertiary alicyclic amines) is 1. The van der Waals surface area contributed by atoms with Crippen molar-refractivity contribution in [2.24, 2.45) is 5.92 Å². The molecule has 0 aromatic heterocycles. The van der Waals surface area contributed by atoms with Crippen molar-refractivity contribution in [3.8, 4) is 0 Å². The van der Waals surface area contributed by atoms with E-state index in [0.717, 1.165) is 5.56 Å². The van der Waals surface area contributed by atoms with Crippen LogP contribution in [0.1, 0.15) is 31.7 Å². The van der Waals surface area contributed by atoms with E-state index in [1.54, 1.807) is 6.92 Å². The van der Waals surface area contributed by atoms with Gasteiger partial charge in [-0.2, -0.15) is 0 Å². The summed E-state index contributed by atoms with van der Waals surface area (Å²) in [6, 6.07) is 7.57. The molecule has 0 N–H and O–H groups in total. The average Bonchev–Trinajstić information content (AvgIpc) is 2.91. The van der Waals surface area contributed by atoms with Gasteiger partial charge in [-0.25, -0.2) is 0 Å². The van der Waals surface area contributed by atoms with E-state index >= 15 is 0 Å². The summed E-state index contributed by atoms with van der Waals surface area (Å²) in [6.07, 6.45) is 0.511. The molecule has 0 radical (unpaired) electrons. The van der Waals surface area contributed by atoms with Gasteiger partial charge in [-0.15, -0.1) is 0 Å². The monoisotopic (exact) mass is 323 g/mol. The second-order valence-electron chi connectivity index (χ2n) is 5.57. The molecule has 1 heterocycles. The van der Waals surface area contributed by atoms with E-state index in [2.05, 4.69) is 0 Å². The summed E-state index contributed by atoms with van der Waals surface area (Å²) in [5.74, 6) is -0.330. The number of esters is 1. The first kappa shape index (κ1) is 17.0. The zero-order valence-corrected chi connectivity index (χ0v) is 13.8. The fourth-order valence-electron chi connectivity index (χ4n) is 2.95. The number of halogens is 1. The Morgan fingerprint density at radius 3 is 2.64 bits per heavy atom. The normalized spacial score (nSPS) is 21.8. The summed E-state index contributed by atoms with van der Waals surface area (Å²) in [5.41, 5.74) is 0.952. The van der Waals surface area contributed by atoms with Gasteiger partial charge >= 0.3 is 5.97 Å². The van der Waals surface area contributed by atoms with Crippen molar-refractivity contribution in [1.82, 2.24) is 4.90 Å². The van der Waals surface area contributed by atoms with Crippen LogP contribution in [0.2, 0.25) is 5.02 Å². The fourth-order valence-corrected chi connectivity index (χ4v) is 3.23. The highest BCUT2D eigenvalue weighted by molar-refractivity contribution is 6.31. The van der Waals surface area contributed by atoms with Crippen molar-refractivity contribution in [1.29, 1.82) is 0 Å². The van der Waals surface area contributed by atoms with Gasteiger partial charge in [0.25, 0.3) is 0 Å². The van der Waals surface area contributed by atoms with E-state index in [4.69, 9.17) is 16.3 Å². The lowest BCUT2D eigenvalue weighted by molar-refractivity contribution is -0.148. The van der Waals surface area contributed by atoms with Gasteiger partial charge in [0.15, 0.2) is 0 Å². The van der Waals surface area contributed by atoms with E-state index in [9.17, 15) is 9.59 Å². The predicted molar refractivity (Wildman–Crippen MR) is 86.1 cm³/mol. The molecule has 120 valence electrons. The van der Waals surface area contributed by atoms with Crippen molar-refractivity contribution in [3.63, 3.8) is 0 Å². The molecular weight excluding hydrogens is 302 g/mol. The molecule has 1 aromatic carbocycles. The zero-order chi connectivity index (χ0) is 16.1. The number of ketones is 1. The molecule has 4 nitrogen and oxygen atoms in total. The first-order valence-corrected chi connectivity index (χ1v) is 8.09. The molecule has 22 heavy (non-hydrogen) atoms. The molecule has 0 unspecified atom stereocenters. The summed E-state index contributed by atoms with van der Waals surface area (Å²) in [6.45, 7) is 5.59. The smallest absolute Gasteiger partial charge is 0.310 e. The molecule has 0 spiro atoms. The molecule has 0 saturated carbocycles. The number of benzene rings is 1. The van der Waals surface area contributed by atoms with Gasteiger partial charge in [-0.05, 0) is 18.6 Å². The van der Waals surface area contributed by atoms with Gasteiger partial charge in [-0.3, -0.25) is 14.5 Å². The number of ether oxygens (including phenoxy) is 1. The number of hydrogen-bond donors (Lipinski definition) is 0. The molecule has 0 aliphatic carbocycles. The van der Waals surface area contributed by atoms with E-state index in [1.807, 2.05) is 36.1 Å². The lowest BCUT2D eigenvalue weighted by Crippen LogP contribution is -2.29. The number of nitrogens with zero attached hydrogens (tertiary/aromatic N) is 1. The van der Waals surface area contributed by atoms with Crippen molar-refractivity contribution in [3.05, 3.63) is 34.9 Å². The molecule has 0 amide bonds. The van der Waals surface area contributed by atoms with Crippen LogP contribution in [-0.2, 0) is 14.3 Å². The summed E-state index contributed by atoms with van der Waals surface area (Å²) >= 11 is 6.29. The van der Waals surface area contributed by atoms with Gasteiger partial charge in [0.2, 0.25) is 0 Å². The lowest BCUT2D eigenvalue weighted by Gasteiger charge is -2.18. The minimum absolute atomic E-state index is 0.0302. The summed E-state index contributed by atoms with van der Waals surface area (Å²) in [4.78, 5) is 26.0. The number of carbonyl (C=O) groups is 2. The Balaban J connectivity index is 2.22.